The highest BCUT2D eigenvalue weighted by atomic mass is 16.6. The lowest BCUT2D eigenvalue weighted by molar-refractivity contribution is -0.156. The van der Waals surface area contributed by atoms with E-state index in [9.17, 15) is 14.4 Å². The molecule has 0 spiro atoms. The molecule has 0 aromatic heterocycles. The number of ether oxygens (including phenoxy) is 2. The van der Waals surface area contributed by atoms with Gasteiger partial charge in [0.05, 0.1) is 13.2 Å². The first-order chi connectivity index (χ1) is 9.29. The average molecular weight is 284 g/mol. The van der Waals surface area contributed by atoms with Crippen molar-refractivity contribution in [3.63, 3.8) is 0 Å². The maximum absolute atomic E-state index is 11.9. The predicted molar refractivity (Wildman–Crippen MR) is 70.9 cm³/mol. The largest absolute Gasteiger partial charge is 0.462 e. The molecule has 7 nitrogen and oxygen atoms in total. The summed E-state index contributed by atoms with van der Waals surface area (Å²) in [6, 6.07) is -0.480. The lowest BCUT2D eigenvalue weighted by Crippen LogP contribution is -2.40. The van der Waals surface area contributed by atoms with Crippen LogP contribution in [-0.2, 0) is 19.1 Å². The van der Waals surface area contributed by atoms with Gasteiger partial charge in [0.25, 0.3) is 5.91 Å². The fourth-order valence-corrected chi connectivity index (χ4v) is 1.66. The summed E-state index contributed by atoms with van der Waals surface area (Å²) < 4.78 is 10.1. The summed E-state index contributed by atoms with van der Waals surface area (Å²) in [5.41, 5.74) is -0.915. The maximum atomic E-state index is 11.9. The van der Waals surface area contributed by atoms with E-state index in [1.807, 2.05) is 0 Å². The minimum Gasteiger partial charge on any atom is -0.462 e. The van der Waals surface area contributed by atoms with E-state index >= 15 is 0 Å². The molecule has 3 amide bonds. The van der Waals surface area contributed by atoms with Gasteiger partial charge in [0.1, 0.15) is 12.1 Å². The van der Waals surface area contributed by atoms with Crippen LogP contribution >= 0.6 is 0 Å². The molecule has 1 aliphatic heterocycles. The Morgan fingerprint density at radius 3 is 2.65 bits per heavy atom. The number of imide groups is 1. The van der Waals surface area contributed by atoms with Crippen LogP contribution in [0.2, 0.25) is 0 Å². The summed E-state index contributed by atoms with van der Waals surface area (Å²) in [5.74, 6) is -0.882. The van der Waals surface area contributed by atoms with E-state index in [0.717, 1.165) is 4.90 Å². The van der Waals surface area contributed by atoms with Gasteiger partial charge in [0.2, 0.25) is 0 Å². The summed E-state index contributed by atoms with van der Waals surface area (Å²) in [6.45, 7) is 8.47. The Morgan fingerprint density at radius 1 is 1.50 bits per heavy atom. The van der Waals surface area contributed by atoms with Crippen LogP contribution in [0.25, 0.3) is 0 Å². The third kappa shape index (κ3) is 3.80. The van der Waals surface area contributed by atoms with E-state index in [0.29, 0.717) is 0 Å². The van der Waals surface area contributed by atoms with E-state index in [1.165, 1.54) is 6.08 Å². The molecule has 0 aliphatic carbocycles. The Kier molecular flexibility index (Phi) is 5.26. The third-order valence-electron chi connectivity index (χ3n) is 2.80. The Balaban J connectivity index is 2.38. The van der Waals surface area contributed by atoms with Crippen molar-refractivity contribution in [2.45, 2.75) is 32.4 Å². The van der Waals surface area contributed by atoms with Gasteiger partial charge in [0.15, 0.2) is 6.10 Å². The molecule has 7 heteroatoms. The van der Waals surface area contributed by atoms with Crippen LogP contribution in [0, 0.1) is 0 Å². The second kappa shape index (κ2) is 6.51. The van der Waals surface area contributed by atoms with Crippen molar-refractivity contribution in [2.75, 3.05) is 19.8 Å². The number of nitrogens with one attached hydrogen (secondary N) is 1. The van der Waals surface area contributed by atoms with Crippen LogP contribution < -0.4 is 5.32 Å². The van der Waals surface area contributed by atoms with Gasteiger partial charge in [-0.05, 0) is 20.8 Å². The Labute approximate surface area is 117 Å². The average Bonchev–Trinajstić information content (AvgIpc) is 2.57. The smallest absolute Gasteiger partial charge is 0.335 e. The minimum absolute atomic E-state index is 0.0218. The van der Waals surface area contributed by atoms with E-state index in [1.54, 1.807) is 20.8 Å². The molecule has 1 rings (SSSR count). The molecular weight excluding hydrogens is 264 g/mol. The molecule has 1 fully saturated rings. The Bertz CT molecular complexity index is 419. The van der Waals surface area contributed by atoms with Gasteiger partial charge in [-0.15, -0.1) is 6.58 Å². The van der Waals surface area contributed by atoms with Crippen molar-refractivity contribution in [3.05, 3.63) is 12.7 Å². The minimum atomic E-state index is -0.915. The standard InChI is InChI=1S/C13H20N2O5/c1-5-7-19-9(2)10(16)20-8-6-15-11(17)13(3,4)14-12(15)18/h5,9H,1,6-8H2,2-4H3,(H,14,18). The van der Waals surface area contributed by atoms with Crippen molar-refractivity contribution in [3.8, 4) is 0 Å². The van der Waals surface area contributed by atoms with Crippen LogP contribution in [0.15, 0.2) is 12.7 Å². The van der Waals surface area contributed by atoms with Crippen molar-refractivity contribution in [1.82, 2.24) is 10.2 Å². The second-order valence-electron chi connectivity index (χ2n) is 4.94. The Morgan fingerprint density at radius 2 is 2.15 bits per heavy atom. The third-order valence-corrected chi connectivity index (χ3v) is 2.80. The molecule has 1 heterocycles. The van der Waals surface area contributed by atoms with Crippen molar-refractivity contribution in [1.29, 1.82) is 0 Å². The lowest BCUT2D eigenvalue weighted by atomic mass is 10.1. The molecule has 1 atom stereocenters. The highest BCUT2D eigenvalue weighted by Gasteiger charge is 2.43. The molecule has 0 aromatic rings. The van der Waals surface area contributed by atoms with Crippen molar-refractivity contribution < 1.29 is 23.9 Å². The quantitative estimate of drug-likeness (QED) is 0.417. The van der Waals surface area contributed by atoms with E-state index in [2.05, 4.69) is 11.9 Å². The van der Waals surface area contributed by atoms with Gasteiger partial charge in [-0.1, -0.05) is 6.08 Å². The van der Waals surface area contributed by atoms with Gasteiger partial charge in [-0.25, -0.2) is 9.59 Å². The van der Waals surface area contributed by atoms with Crippen molar-refractivity contribution in [2.24, 2.45) is 0 Å². The number of hydrogen-bond acceptors (Lipinski definition) is 5. The number of amides is 3. The maximum Gasteiger partial charge on any atom is 0.335 e. The number of esters is 1. The molecule has 0 radical (unpaired) electrons. The van der Waals surface area contributed by atoms with E-state index in [4.69, 9.17) is 9.47 Å². The first kappa shape index (κ1) is 16.2. The van der Waals surface area contributed by atoms with Crippen molar-refractivity contribution >= 4 is 17.9 Å². The lowest BCUT2D eigenvalue weighted by Gasteiger charge is -2.16. The van der Waals surface area contributed by atoms with Crippen LogP contribution in [0.5, 0.6) is 0 Å². The molecule has 0 saturated carbocycles. The molecule has 1 N–H and O–H groups in total. The molecule has 20 heavy (non-hydrogen) atoms. The highest BCUT2D eigenvalue weighted by molar-refractivity contribution is 6.06. The van der Waals surface area contributed by atoms with Crippen LogP contribution in [0.1, 0.15) is 20.8 Å². The molecular formula is C13H20N2O5. The van der Waals surface area contributed by atoms with Gasteiger partial charge in [-0.2, -0.15) is 0 Å². The van der Waals surface area contributed by atoms with E-state index in [-0.39, 0.29) is 25.7 Å². The van der Waals surface area contributed by atoms with Gasteiger partial charge in [0, 0.05) is 0 Å². The molecule has 1 saturated heterocycles. The summed E-state index contributed by atoms with van der Waals surface area (Å²) in [6.07, 6.45) is 0.812. The first-order valence-electron chi connectivity index (χ1n) is 6.33. The van der Waals surface area contributed by atoms with Crippen LogP contribution in [0.3, 0.4) is 0 Å². The number of urea groups is 1. The monoisotopic (exact) mass is 284 g/mol. The Hall–Kier alpha value is -1.89. The van der Waals surface area contributed by atoms with E-state index < -0.39 is 23.6 Å². The zero-order valence-corrected chi connectivity index (χ0v) is 12.0. The SMILES string of the molecule is C=CCOC(C)C(=O)OCCN1C(=O)NC(C)(C)C1=O. The van der Waals surface area contributed by atoms with Crippen LogP contribution in [0.4, 0.5) is 4.79 Å². The summed E-state index contributed by atoms with van der Waals surface area (Å²) in [7, 11) is 0. The number of carbonyl (C=O) groups is 3. The summed E-state index contributed by atoms with van der Waals surface area (Å²) >= 11 is 0. The van der Waals surface area contributed by atoms with Gasteiger partial charge < -0.3 is 14.8 Å². The topological polar surface area (TPSA) is 84.9 Å². The molecule has 1 unspecified atom stereocenters. The molecule has 0 bridgehead atoms. The van der Waals surface area contributed by atoms with Gasteiger partial charge in [-0.3, -0.25) is 9.69 Å². The summed E-state index contributed by atoms with van der Waals surface area (Å²) in [5, 5.41) is 2.54. The molecule has 1 aliphatic rings. The van der Waals surface area contributed by atoms with Gasteiger partial charge >= 0.3 is 12.0 Å². The number of rotatable bonds is 7. The fourth-order valence-electron chi connectivity index (χ4n) is 1.66. The normalized spacial score (nSPS) is 18.6. The zero-order chi connectivity index (χ0) is 15.3. The fraction of sp³-hybridized carbons (Fsp3) is 0.615. The highest BCUT2D eigenvalue weighted by Crippen LogP contribution is 2.15. The number of hydrogen-bond donors (Lipinski definition) is 1. The first-order valence-corrected chi connectivity index (χ1v) is 6.33. The number of carbonyl (C=O) groups excluding carboxylic acids is 3. The zero-order valence-electron chi connectivity index (χ0n) is 12.0. The molecule has 0 aromatic carbocycles. The number of nitrogens with zero attached hydrogens (tertiary/aromatic N) is 1. The molecule has 112 valence electrons. The van der Waals surface area contributed by atoms with Crippen LogP contribution in [-0.4, -0.2) is 54.2 Å². The predicted octanol–water partition coefficient (Wildman–Crippen LogP) is 0.451. The second-order valence-corrected chi connectivity index (χ2v) is 4.94. The summed E-state index contributed by atoms with van der Waals surface area (Å²) in [4.78, 5) is 36.0.